The number of aromatic amines is 1. The average Bonchev–Trinajstić information content (AvgIpc) is 3.56. The third-order valence-corrected chi connectivity index (χ3v) is 6.92. The summed E-state index contributed by atoms with van der Waals surface area (Å²) in [6.45, 7) is 7.57. The first-order valence-electron chi connectivity index (χ1n) is 13.9. The largest absolute Gasteiger partial charge is 0.315 e. The summed E-state index contributed by atoms with van der Waals surface area (Å²) in [5.74, 6) is 0.552. The van der Waals surface area contributed by atoms with Crippen LogP contribution in [0.4, 0.5) is 5.69 Å². The quantitative estimate of drug-likeness (QED) is 0.295. The molecule has 1 aromatic heterocycles. The van der Waals surface area contributed by atoms with Gasteiger partial charge >= 0.3 is 0 Å². The molecule has 1 amide bonds. The Balaban J connectivity index is 0.000000190. The minimum absolute atomic E-state index is 0.256. The van der Waals surface area contributed by atoms with Crippen LogP contribution in [-0.2, 0) is 11.3 Å². The van der Waals surface area contributed by atoms with E-state index in [1.54, 1.807) is 4.90 Å². The number of carbonyl (C=O) groups excluding carboxylic acids is 1. The van der Waals surface area contributed by atoms with E-state index >= 15 is 0 Å². The Morgan fingerprint density at radius 1 is 0.921 bits per heavy atom. The van der Waals surface area contributed by atoms with Gasteiger partial charge in [0.05, 0.1) is 11.2 Å². The Morgan fingerprint density at radius 2 is 1.58 bits per heavy atom. The molecule has 0 unspecified atom stereocenters. The van der Waals surface area contributed by atoms with Gasteiger partial charge in [-0.05, 0) is 74.2 Å². The number of carbonyl (C=O) groups is 1. The van der Waals surface area contributed by atoms with Crippen molar-refractivity contribution in [2.75, 3.05) is 25.0 Å². The molecule has 5 nitrogen and oxygen atoms in total. The van der Waals surface area contributed by atoms with Crippen molar-refractivity contribution in [2.24, 2.45) is 5.92 Å². The molecule has 2 heterocycles. The molecule has 0 radical (unpaired) electrons. The first-order chi connectivity index (χ1) is 18.7. The standard InChI is InChI=1S/C20H21N3.C11H13NO.C2H6/c1-2-6-19-18(5-1)20(22-21-19)12-11-16-7-9-17(10-8-16)15-23-13-3-4-14-23;1-12(11(13)9-7-8-9)10-5-3-2-4-6-10;1-2/h1-2,5-12H,3-4,13-15H2,(H,21,22);2-6,9H,7-8H2,1H3;1-2H3/b12-11+;;. The van der Waals surface area contributed by atoms with Crippen LogP contribution in [0.1, 0.15) is 56.4 Å². The predicted molar refractivity (Wildman–Crippen MR) is 160 cm³/mol. The number of likely N-dealkylation sites (tertiary alicyclic amines) is 1. The van der Waals surface area contributed by atoms with Crippen molar-refractivity contribution in [3.63, 3.8) is 0 Å². The van der Waals surface area contributed by atoms with Gasteiger partial charge in [-0.15, -0.1) is 0 Å². The summed E-state index contributed by atoms with van der Waals surface area (Å²) >= 11 is 0. The Hall–Kier alpha value is -3.70. The van der Waals surface area contributed by atoms with Gasteiger partial charge in [0, 0.05) is 30.6 Å². The number of H-pyrrole nitrogens is 1. The zero-order valence-corrected chi connectivity index (χ0v) is 22.9. The molecule has 1 saturated heterocycles. The molecule has 2 fully saturated rings. The first kappa shape index (κ1) is 27.3. The molecule has 1 N–H and O–H groups in total. The highest BCUT2D eigenvalue weighted by molar-refractivity contribution is 5.95. The van der Waals surface area contributed by atoms with E-state index in [1.165, 1.54) is 37.1 Å². The van der Waals surface area contributed by atoms with E-state index in [9.17, 15) is 4.79 Å². The van der Waals surface area contributed by atoms with Crippen LogP contribution in [0.5, 0.6) is 0 Å². The van der Waals surface area contributed by atoms with Crippen molar-refractivity contribution in [1.29, 1.82) is 0 Å². The van der Waals surface area contributed by atoms with Gasteiger partial charge in [-0.2, -0.15) is 5.10 Å². The summed E-state index contributed by atoms with van der Waals surface area (Å²) < 4.78 is 0. The minimum Gasteiger partial charge on any atom is -0.315 e. The number of aromatic nitrogens is 2. The number of amides is 1. The van der Waals surface area contributed by atoms with Crippen LogP contribution in [0.3, 0.4) is 0 Å². The maximum atomic E-state index is 11.6. The van der Waals surface area contributed by atoms with Gasteiger partial charge in [0.15, 0.2) is 0 Å². The van der Waals surface area contributed by atoms with Crippen molar-refractivity contribution in [3.05, 3.63) is 95.7 Å². The minimum atomic E-state index is 0.256. The number of para-hydroxylation sites is 2. The summed E-state index contributed by atoms with van der Waals surface area (Å²) in [7, 11) is 1.84. The fraction of sp³-hybridized carbons (Fsp3) is 0.333. The highest BCUT2D eigenvalue weighted by Gasteiger charge is 2.32. The lowest BCUT2D eigenvalue weighted by molar-refractivity contribution is -0.119. The summed E-state index contributed by atoms with van der Waals surface area (Å²) in [6.07, 6.45) is 9.03. The number of nitrogens with zero attached hydrogens (tertiary/aromatic N) is 3. The monoisotopic (exact) mass is 508 g/mol. The highest BCUT2D eigenvalue weighted by Crippen LogP contribution is 2.32. The SMILES string of the molecule is C(=C\c1n[nH]c2ccccc12)/c1ccc(CN2CCCC2)cc1.CC.CN(C(=O)C1CC1)c1ccccc1. The molecule has 38 heavy (non-hydrogen) atoms. The molecule has 1 saturated carbocycles. The van der Waals surface area contributed by atoms with E-state index in [2.05, 4.69) is 57.6 Å². The number of benzene rings is 3. The summed E-state index contributed by atoms with van der Waals surface area (Å²) in [5, 5.41) is 8.61. The molecule has 2 aliphatic rings. The van der Waals surface area contributed by atoms with Crippen molar-refractivity contribution in [1.82, 2.24) is 15.1 Å². The van der Waals surface area contributed by atoms with Gasteiger partial charge in [-0.1, -0.05) is 80.6 Å². The number of hydrogen-bond donors (Lipinski definition) is 1. The van der Waals surface area contributed by atoms with E-state index in [0.717, 1.165) is 41.7 Å². The smallest absolute Gasteiger partial charge is 0.229 e. The Bertz CT molecular complexity index is 1300. The summed E-state index contributed by atoms with van der Waals surface area (Å²) in [4.78, 5) is 15.9. The maximum Gasteiger partial charge on any atom is 0.229 e. The fourth-order valence-electron chi connectivity index (χ4n) is 4.60. The third-order valence-electron chi connectivity index (χ3n) is 6.92. The van der Waals surface area contributed by atoms with Crippen LogP contribution in [-0.4, -0.2) is 41.1 Å². The normalized spacial score (nSPS) is 15.0. The second kappa shape index (κ2) is 13.7. The highest BCUT2D eigenvalue weighted by atomic mass is 16.2. The van der Waals surface area contributed by atoms with Crippen molar-refractivity contribution in [2.45, 2.75) is 46.1 Å². The lowest BCUT2D eigenvalue weighted by Gasteiger charge is -2.16. The van der Waals surface area contributed by atoms with Crippen LogP contribution in [0.15, 0.2) is 78.9 Å². The Kier molecular flexibility index (Phi) is 9.88. The van der Waals surface area contributed by atoms with Gasteiger partial charge < -0.3 is 4.90 Å². The molecule has 198 valence electrons. The van der Waals surface area contributed by atoms with E-state index in [-0.39, 0.29) is 5.91 Å². The average molecular weight is 509 g/mol. The molecule has 0 bridgehead atoms. The second-order valence-corrected chi connectivity index (χ2v) is 9.72. The number of fused-ring (bicyclic) bond motifs is 1. The van der Waals surface area contributed by atoms with Gasteiger partial charge in [-0.25, -0.2) is 0 Å². The van der Waals surface area contributed by atoms with Crippen LogP contribution in [0.2, 0.25) is 0 Å². The van der Waals surface area contributed by atoms with Crippen LogP contribution >= 0.6 is 0 Å². The van der Waals surface area contributed by atoms with Gasteiger partial charge in [0.2, 0.25) is 5.91 Å². The van der Waals surface area contributed by atoms with Crippen LogP contribution < -0.4 is 4.90 Å². The molecule has 1 aliphatic carbocycles. The lowest BCUT2D eigenvalue weighted by Crippen LogP contribution is -2.27. The Morgan fingerprint density at radius 3 is 2.26 bits per heavy atom. The van der Waals surface area contributed by atoms with E-state index in [1.807, 2.05) is 69.4 Å². The molecule has 4 aromatic rings. The predicted octanol–water partition coefficient (Wildman–Crippen LogP) is 7.41. The van der Waals surface area contributed by atoms with E-state index < -0.39 is 0 Å². The number of anilines is 1. The first-order valence-corrected chi connectivity index (χ1v) is 13.9. The number of rotatable bonds is 6. The van der Waals surface area contributed by atoms with Crippen molar-refractivity contribution in [3.8, 4) is 0 Å². The zero-order chi connectivity index (χ0) is 26.7. The molecule has 0 spiro atoms. The number of hydrogen-bond acceptors (Lipinski definition) is 3. The van der Waals surface area contributed by atoms with Crippen LogP contribution in [0, 0.1) is 5.92 Å². The van der Waals surface area contributed by atoms with Gasteiger partial charge in [0.25, 0.3) is 0 Å². The van der Waals surface area contributed by atoms with Crippen LogP contribution in [0.25, 0.3) is 23.1 Å². The molecule has 1 aliphatic heterocycles. The summed E-state index contributed by atoms with van der Waals surface area (Å²) in [5.41, 5.74) is 5.66. The fourth-order valence-corrected chi connectivity index (χ4v) is 4.60. The van der Waals surface area contributed by atoms with Crippen molar-refractivity contribution >= 4 is 34.6 Å². The summed E-state index contributed by atoms with van der Waals surface area (Å²) in [6, 6.07) is 26.8. The molecule has 6 rings (SSSR count). The maximum absolute atomic E-state index is 11.6. The third kappa shape index (κ3) is 7.42. The lowest BCUT2D eigenvalue weighted by atomic mass is 10.1. The van der Waals surface area contributed by atoms with Gasteiger partial charge in [0.1, 0.15) is 0 Å². The van der Waals surface area contributed by atoms with E-state index in [4.69, 9.17) is 0 Å². The van der Waals surface area contributed by atoms with Crippen molar-refractivity contribution < 1.29 is 4.79 Å². The van der Waals surface area contributed by atoms with Gasteiger partial charge in [-0.3, -0.25) is 14.8 Å². The van der Waals surface area contributed by atoms with E-state index in [0.29, 0.717) is 5.92 Å². The zero-order valence-electron chi connectivity index (χ0n) is 22.9. The number of nitrogens with one attached hydrogen (secondary N) is 1. The topological polar surface area (TPSA) is 52.2 Å². The Labute approximate surface area is 227 Å². The molecular weight excluding hydrogens is 468 g/mol. The second-order valence-electron chi connectivity index (χ2n) is 9.72. The molecule has 5 heteroatoms. The molecule has 3 aromatic carbocycles. The molecular formula is C33H40N4O. The molecule has 0 atom stereocenters.